The van der Waals surface area contributed by atoms with Crippen molar-refractivity contribution < 1.29 is 14.3 Å². The van der Waals surface area contributed by atoms with Crippen LogP contribution < -0.4 is 10.1 Å². The fourth-order valence-electron chi connectivity index (χ4n) is 3.91. The Labute approximate surface area is 167 Å². The van der Waals surface area contributed by atoms with Gasteiger partial charge in [0.05, 0.1) is 25.6 Å². The van der Waals surface area contributed by atoms with Gasteiger partial charge in [-0.3, -0.25) is 14.5 Å². The van der Waals surface area contributed by atoms with Crippen LogP contribution in [0.15, 0.2) is 18.2 Å². The molecule has 2 amide bonds. The molecule has 1 aromatic carbocycles. The molecule has 2 aliphatic rings. The molecule has 2 fully saturated rings. The zero-order valence-electron chi connectivity index (χ0n) is 16.8. The van der Waals surface area contributed by atoms with Gasteiger partial charge in [0.1, 0.15) is 5.75 Å². The number of methoxy groups -OCH3 is 1. The van der Waals surface area contributed by atoms with E-state index in [0.29, 0.717) is 19.6 Å². The molecule has 0 radical (unpaired) electrons. The summed E-state index contributed by atoms with van der Waals surface area (Å²) in [5.74, 6) is 3.38. The molecule has 6 nitrogen and oxygen atoms in total. The molecule has 0 spiro atoms. The summed E-state index contributed by atoms with van der Waals surface area (Å²) in [7, 11) is 1.66. The van der Waals surface area contributed by atoms with E-state index in [1.807, 2.05) is 24.0 Å². The molecule has 0 atom stereocenters. The molecule has 0 unspecified atom stereocenters. The molecular formula is C22H29N3O3. The maximum Gasteiger partial charge on any atom is 0.234 e. The number of carbonyl (C=O) groups excluding carboxylic acids is 2. The molecule has 150 valence electrons. The lowest BCUT2D eigenvalue weighted by Crippen LogP contribution is -2.43. The van der Waals surface area contributed by atoms with Crippen LogP contribution >= 0.6 is 0 Å². The van der Waals surface area contributed by atoms with Crippen molar-refractivity contribution in [3.8, 4) is 18.1 Å². The number of rotatable bonds is 6. The minimum atomic E-state index is -0.402. The Bertz CT molecular complexity index is 780. The zero-order valence-corrected chi connectivity index (χ0v) is 16.8. The Hall–Kier alpha value is -2.52. The van der Waals surface area contributed by atoms with Gasteiger partial charge >= 0.3 is 0 Å². The Morgan fingerprint density at radius 3 is 2.71 bits per heavy atom. The van der Waals surface area contributed by atoms with E-state index in [4.69, 9.17) is 11.2 Å². The smallest absolute Gasteiger partial charge is 0.234 e. The molecule has 0 aromatic heterocycles. The Balaban J connectivity index is 1.63. The predicted molar refractivity (Wildman–Crippen MR) is 108 cm³/mol. The van der Waals surface area contributed by atoms with E-state index in [0.717, 1.165) is 49.2 Å². The van der Waals surface area contributed by atoms with E-state index < -0.39 is 5.41 Å². The molecule has 1 aliphatic heterocycles. The normalized spacial score (nSPS) is 18.7. The van der Waals surface area contributed by atoms with Gasteiger partial charge in [0.15, 0.2) is 0 Å². The summed E-state index contributed by atoms with van der Waals surface area (Å²) in [4.78, 5) is 29.3. The van der Waals surface area contributed by atoms with Crippen LogP contribution in [0, 0.1) is 19.3 Å². The average molecular weight is 383 g/mol. The number of benzene rings is 1. The summed E-state index contributed by atoms with van der Waals surface area (Å²) in [6.07, 6.45) is 7.80. The van der Waals surface area contributed by atoms with Crippen LogP contribution in [-0.4, -0.2) is 68.0 Å². The van der Waals surface area contributed by atoms with Crippen molar-refractivity contribution in [1.29, 1.82) is 0 Å². The Kier molecular flexibility index (Phi) is 6.25. The lowest BCUT2D eigenvalue weighted by Gasteiger charge is -2.27. The summed E-state index contributed by atoms with van der Waals surface area (Å²) in [6.45, 7) is 5.45. The Morgan fingerprint density at radius 1 is 1.25 bits per heavy atom. The molecule has 0 bridgehead atoms. The molecule has 28 heavy (non-hydrogen) atoms. The first-order valence-corrected chi connectivity index (χ1v) is 9.87. The number of nitrogens with zero attached hydrogens (tertiary/aromatic N) is 2. The standard InChI is InChI=1S/C22H29N3O3/c1-4-10-23-20(26)16-24-11-5-12-25(14-13-24)21(27)22(8-9-22)18-7-6-17(2)19(15-18)28-3/h1,6-7,15H,5,8-14,16H2,2-3H3,(H,23,26). The van der Waals surface area contributed by atoms with Crippen molar-refractivity contribution in [2.75, 3.05) is 46.4 Å². The van der Waals surface area contributed by atoms with Gasteiger partial charge in [-0.05, 0) is 43.4 Å². The number of hydrogen-bond acceptors (Lipinski definition) is 4. The van der Waals surface area contributed by atoms with E-state index in [2.05, 4.69) is 22.2 Å². The first-order valence-electron chi connectivity index (χ1n) is 9.87. The second kappa shape index (κ2) is 8.66. The number of carbonyl (C=O) groups is 2. The van der Waals surface area contributed by atoms with Crippen LogP contribution in [0.3, 0.4) is 0 Å². The molecule has 1 aromatic rings. The maximum absolute atomic E-state index is 13.4. The zero-order chi connectivity index (χ0) is 20.1. The van der Waals surface area contributed by atoms with Gasteiger partial charge in [-0.25, -0.2) is 0 Å². The van der Waals surface area contributed by atoms with Gasteiger partial charge in [-0.2, -0.15) is 0 Å². The van der Waals surface area contributed by atoms with E-state index >= 15 is 0 Å². The number of amides is 2. The summed E-state index contributed by atoms with van der Waals surface area (Å²) in [5, 5.41) is 2.70. The third-order valence-electron chi connectivity index (χ3n) is 5.75. The second-order valence-electron chi connectivity index (χ2n) is 7.67. The van der Waals surface area contributed by atoms with Gasteiger partial charge < -0.3 is 15.0 Å². The number of hydrogen-bond donors (Lipinski definition) is 1. The highest BCUT2D eigenvalue weighted by Crippen LogP contribution is 2.50. The van der Waals surface area contributed by atoms with Gasteiger partial charge in [0, 0.05) is 26.2 Å². The predicted octanol–water partition coefficient (Wildman–Crippen LogP) is 1.32. The molecule has 1 aliphatic carbocycles. The van der Waals surface area contributed by atoms with Crippen molar-refractivity contribution in [2.45, 2.75) is 31.6 Å². The van der Waals surface area contributed by atoms with Crippen molar-refractivity contribution in [3.05, 3.63) is 29.3 Å². The topological polar surface area (TPSA) is 61.9 Å². The first kappa shape index (κ1) is 20.2. The SMILES string of the molecule is C#CCNC(=O)CN1CCCN(C(=O)C2(c3ccc(C)c(OC)c3)CC2)CC1. The highest BCUT2D eigenvalue weighted by molar-refractivity contribution is 5.91. The van der Waals surface area contributed by atoms with Crippen LogP contribution in [0.1, 0.15) is 30.4 Å². The number of nitrogens with one attached hydrogen (secondary N) is 1. The van der Waals surface area contributed by atoms with E-state index in [9.17, 15) is 9.59 Å². The molecule has 1 N–H and O–H groups in total. The van der Waals surface area contributed by atoms with Crippen LogP contribution in [0.4, 0.5) is 0 Å². The molecule has 1 saturated heterocycles. The largest absolute Gasteiger partial charge is 0.496 e. The molecule has 1 heterocycles. The van der Waals surface area contributed by atoms with Crippen LogP contribution in [0.2, 0.25) is 0 Å². The van der Waals surface area contributed by atoms with Crippen LogP contribution in [0.25, 0.3) is 0 Å². The van der Waals surface area contributed by atoms with Gasteiger partial charge in [-0.15, -0.1) is 6.42 Å². The highest BCUT2D eigenvalue weighted by atomic mass is 16.5. The minimum absolute atomic E-state index is 0.0665. The summed E-state index contributed by atoms with van der Waals surface area (Å²) in [6, 6.07) is 6.10. The molecule has 3 rings (SSSR count). The molecule has 1 saturated carbocycles. The summed E-state index contributed by atoms with van der Waals surface area (Å²) >= 11 is 0. The number of terminal acetylenes is 1. The van der Waals surface area contributed by atoms with Crippen molar-refractivity contribution in [2.24, 2.45) is 0 Å². The van der Waals surface area contributed by atoms with E-state index in [1.165, 1.54) is 0 Å². The highest BCUT2D eigenvalue weighted by Gasteiger charge is 2.53. The van der Waals surface area contributed by atoms with Crippen molar-refractivity contribution >= 4 is 11.8 Å². The number of ether oxygens (including phenoxy) is 1. The minimum Gasteiger partial charge on any atom is -0.496 e. The summed E-state index contributed by atoms with van der Waals surface area (Å²) in [5.41, 5.74) is 1.72. The second-order valence-corrected chi connectivity index (χ2v) is 7.67. The Morgan fingerprint density at radius 2 is 2.04 bits per heavy atom. The lowest BCUT2D eigenvalue weighted by molar-refractivity contribution is -0.133. The van der Waals surface area contributed by atoms with E-state index in [1.54, 1.807) is 7.11 Å². The number of aryl methyl sites for hydroxylation is 1. The van der Waals surface area contributed by atoms with Crippen LogP contribution in [0.5, 0.6) is 5.75 Å². The monoisotopic (exact) mass is 383 g/mol. The molecular weight excluding hydrogens is 354 g/mol. The van der Waals surface area contributed by atoms with Crippen LogP contribution in [-0.2, 0) is 15.0 Å². The van der Waals surface area contributed by atoms with Gasteiger partial charge in [0.25, 0.3) is 0 Å². The van der Waals surface area contributed by atoms with E-state index in [-0.39, 0.29) is 18.4 Å². The third kappa shape index (κ3) is 4.31. The van der Waals surface area contributed by atoms with Crippen molar-refractivity contribution in [1.82, 2.24) is 15.1 Å². The molecule has 6 heteroatoms. The van der Waals surface area contributed by atoms with Crippen molar-refractivity contribution in [3.63, 3.8) is 0 Å². The fraction of sp³-hybridized carbons (Fsp3) is 0.545. The maximum atomic E-state index is 13.4. The quantitative estimate of drug-likeness (QED) is 0.753. The van der Waals surface area contributed by atoms with Gasteiger partial charge in [0.2, 0.25) is 11.8 Å². The third-order valence-corrected chi connectivity index (χ3v) is 5.75. The lowest BCUT2D eigenvalue weighted by atomic mass is 9.93. The summed E-state index contributed by atoms with van der Waals surface area (Å²) < 4.78 is 5.45. The van der Waals surface area contributed by atoms with Gasteiger partial charge in [-0.1, -0.05) is 18.1 Å². The average Bonchev–Trinajstić information content (AvgIpc) is 3.51. The fourth-order valence-corrected chi connectivity index (χ4v) is 3.91. The first-order chi connectivity index (χ1) is 13.5.